The number of nitrogens with zero attached hydrogens (tertiary/aromatic N) is 2. The van der Waals surface area contributed by atoms with E-state index in [9.17, 15) is 0 Å². The first-order valence-corrected chi connectivity index (χ1v) is 7.67. The zero-order valence-corrected chi connectivity index (χ0v) is 13.6. The van der Waals surface area contributed by atoms with E-state index >= 15 is 0 Å². The van der Waals surface area contributed by atoms with Gasteiger partial charge in [-0.3, -0.25) is 4.98 Å². The zero-order chi connectivity index (χ0) is 15.8. The summed E-state index contributed by atoms with van der Waals surface area (Å²) in [6.07, 6.45) is 1.80. The Morgan fingerprint density at radius 2 is 2.00 bits per heavy atom. The van der Waals surface area contributed by atoms with Gasteiger partial charge in [-0.2, -0.15) is 0 Å². The Balaban J connectivity index is 2.00. The van der Waals surface area contributed by atoms with Gasteiger partial charge in [-0.05, 0) is 44.0 Å². The summed E-state index contributed by atoms with van der Waals surface area (Å²) in [4.78, 5) is 8.96. The van der Waals surface area contributed by atoms with Crippen LogP contribution in [0.4, 0.5) is 0 Å². The molecule has 0 fully saturated rings. The van der Waals surface area contributed by atoms with Gasteiger partial charge >= 0.3 is 0 Å². The molecule has 0 saturated carbocycles. The molecule has 2 rings (SSSR count). The summed E-state index contributed by atoms with van der Waals surface area (Å²) >= 11 is 0. The molecule has 4 heteroatoms. The maximum absolute atomic E-state index is 4.66. The Kier molecular flexibility index (Phi) is 5.95. The fourth-order valence-electron chi connectivity index (χ4n) is 2.21. The monoisotopic (exact) mass is 296 g/mol. The van der Waals surface area contributed by atoms with Crippen LogP contribution in [0.25, 0.3) is 0 Å². The van der Waals surface area contributed by atoms with Crippen molar-refractivity contribution in [3.8, 4) is 0 Å². The zero-order valence-electron chi connectivity index (χ0n) is 13.6. The summed E-state index contributed by atoms with van der Waals surface area (Å²) in [6, 6.07) is 12.4. The Morgan fingerprint density at radius 3 is 2.68 bits per heavy atom. The van der Waals surface area contributed by atoms with Crippen molar-refractivity contribution in [1.82, 2.24) is 15.6 Å². The van der Waals surface area contributed by atoms with Crippen molar-refractivity contribution in [2.45, 2.75) is 33.9 Å². The van der Waals surface area contributed by atoms with Crippen molar-refractivity contribution < 1.29 is 0 Å². The molecule has 0 saturated heterocycles. The van der Waals surface area contributed by atoms with Crippen molar-refractivity contribution in [3.63, 3.8) is 0 Å². The van der Waals surface area contributed by atoms with E-state index in [1.807, 2.05) is 18.2 Å². The fourth-order valence-corrected chi connectivity index (χ4v) is 2.21. The molecule has 0 aliphatic rings. The Morgan fingerprint density at radius 1 is 1.14 bits per heavy atom. The molecule has 0 aliphatic carbocycles. The van der Waals surface area contributed by atoms with Gasteiger partial charge < -0.3 is 10.6 Å². The van der Waals surface area contributed by atoms with Crippen LogP contribution in [0.1, 0.15) is 29.3 Å². The summed E-state index contributed by atoms with van der Waals surface area (Å²) in [5.74, 6) is 0.813. The van der Waals surface area contributed by atoms with E-state index in [4.69, 9.17) is 0 Å². The lowest BCUT2D eigenvalue weighted by atomic mass is 10.1. The van der Waals surface area contributed by atoms with Crippen molar-refractivity contribution in [3.05, 3.63) is 65.0 Å². The Bertz CT molecular complexity index is 620. The summed E-state index contributed by atoms with van der Waals surface area (Å²) in [6.45, 7) is 8.48. The lowest BCUT2D eigenvalue weighted by molar-refractivity contribution is 0.799. The predicted molar refractivity (Wildman–Crippen MR) is 91.8 cm³/mol. The third-order valence-electron chi connectivity index (χ3n) is 3.41. The summed E-state index contributed by atoms with van der Waals surface area (Å²) < 4.78 is 0. The van der Waals surface area contributed by atoms with E-state index in [0.29, 0.717) is 13.1 Å². The van der Waals surface area contributed by atoms with Gasteiger partial charge in [-0.15, -0.1) is 0 Å². The highest BCUT2D eigenvalue weighted by Crippen LogP contribution is 2.11. The molecule has 2 N–H and O–H groups in total. The maximum Gasteiger partial charge on any atom is 0.191 e. The van der Waals surface area contributed by atoms with E-state index < -0.39 is 0 Å². The van der Waals surface area contributed by atoms with Gasteiger partial charge in [-0.1, -0.05) is 29.8 Å². The van der Waals surface area contributed by atoms with Crippen LogP contribution >= 0.6 is 0 Å². The molecular weight excluding hydrogens is 272 g/mol. The number of aryl methyl sites for hydroxylation is 2. The van der Waals surface area contributed by atoms with Crippen LogP contribution < -0.4 is 10.6 Å². The number of nitrogens with one attached hydrogen (secondary N) is 2. The van der Waals surface area contributed by atoms with Crippen LogP contribution in [0.5, 0.6) is 0 Å². The number of hydrogen-bond donors (Lipinski definition) is 2. The van der Waals surface area contributed by atoms with Crippen molar-refractivity contribution in [1.29, 1.82) is 0 Å². The number of rotatable bonds is 5. The molecule has 0 bridgehead atoms. The highest BCUT2D eigenvalue weighted by atomic mass is 15.2. The van der Waals surface area contributed by atoms with E-state index in [2.05, 4.69) is 59.6 Å². The van der Waals surface area contributed by atoms with Gasteiger partial charge in [0.25, 0.3) is 0 Å². The molecule has 0 spiro atoms. The topological polar surface area (TPSA) is 49.3 Å². The average Bonchev–Trinajstić information content (AvgIpc) is 2.52. The van der Waals surface area contributed by atoms with E-state index in [1.165, 1.54) is 16.7 Å². The minimum Gasteiger partial charge on any atom is -0.357 e. The van der Waals surface area contributed by atoms with Crippen molar-refractivity contribution >= 4 is 5.96 Å². The van der Waals surface area contributed by atoms with Crippen LogP contribution in [-0.2, 0) is 13.1 Å². The van der Waals surface area contributed by atoms with Crippen LogP contribution in [0, 0.1) is 13.8 Å². The van der Waals surface area contributed by atoms with Crippen molar-refractivity contribution in [2.24, 2.45) is 4.99 Å². The third-order valence-corrected chi connectivity index (χ3v) is 3.41. The van der Waals surface area contributed by atoms with E-state index in [-0.39, 0.29) is 0 Å². The van der Waals surface area contributed by atoms with Crippen LogP contribution in [0.15, 0.2) is 47.6 Å². The molecule has 2 aromatic rings. The second-order valence-electron chi connectivity index (χ2n) is 5.30. The molecule has 116 valence electrons. The van der Waals surface area contributed by atoms with E-state index in [0.717, 1.165) is 18.2 Å². The third kappa shape index (κ3) is 4.88. The van der Waals surface area contributed by atoms with Gasteiger partial charge in [-0.25, -0.2) is 4.99 Å². The molecule has 1 heterocycles. The summed E-state index contributed by atoms with van der Waals surface area (Å²) in [5.41, 5.74) is 4.81. The highest BCUT2D eigenvalue weighted by Gasteiger charge is 2.01. The SMILES string of the molecule is CCNC(=NCc1ccc(C)cc1C)NCc1ccccn1. The first-order valence-electron chi connectivity index (χ1n) is 7.67. The van der Waals surface area contributed by atoms with Crippen LogP contribution in [0.2, 0.25) is 0 Å². The number of guanidine groups is 1. The molecule has 4 nitrogen and oxygen atoms in total. The predicted octanol–water partition coefficient (Wildman–Crippen LogP) is 2.95. The fraction of sp³-hybridized carbons (Fsp3) is 0.333. The van der Waals surface area contributed by atoms with Crippen LogP contribution in [0.3, 0.4) is 0 Å². The highest BCUT2D eigenvalue weighted by molar-refractivity contribution is 5.79. The lowest BCUT2D eigenvalue weighted by Gasteiger charge is -2.11. The minimum atomic E-state index is 0.666. The summed E-state index contributed by atoms with van der Waals surface area (Å²) in [7, 11) is 0. The van der Waals surface area contributed by atoms with Crippen LogP contribution in [-0.4, -0.2) is 17.5 Å². The summed E-state index contributed by atoms with van der Waals surface area (Å²) in [5, 5.41) is 6.58. The Hall–Kier alpha value is -2.36. The standard InChI is InChI=1S/C18H24N4/c1-4-19-18(22-13-17-7-5-6-10-20-17)21-12-16-9-8-14(2)11-15(16)3/h5-11H,4,12-13H2,1-3H3,(H2,19,21,22). The minimum absolute atomic E-state index is 0.666. The molecule has 0 unspecified atom stereocenters. The van der Waals surface area contributed by atoms with Crippen molar-refractivity contribution in [2.75, 3.05) is 6.54 Å². The number of aromatic nitrogens is 1. The lowest BCUT2D eigenvalue weighted by Crippen LogP contribution is -2.37. The number of benzene rings is 1. The molecule has 1 aromatic carbocycles. The van der Waals surface area contributed by atoms with Gasteiger partial charge in [0, 0.05) is 12.7 Å². The number of pyridine rings is 1. The maximum atomic E-state index is 4.66. The Labute approximate surface area is 132 Å². The molecule has 22 heavy (non-hydrogen) atoms. The average molecular weight is 296 g/mol. The van der Waals surface area contributed by atoms with Gasteiger partial charge in [0.2, 0.25) is 0 Å². The molecule has 0 amide bonds. The first kappa shape index (κ1) is 16.0. The molecule has 0 radical (unpaired) electrons. The van der Waals surface area contributed by atoms with Gasteiger partial charge in [0.1, 0.15) is 0 Å². The number of hydrogen-bond acceptors (Lipinski definition) is 2. The van der Waals surface area contributed by atoms with Gasteiger partial charge in [0.15, 0.2) is 5.96 Å². The smallest absolute Gasteiger partial charge is 0.191 e. The second kappa shape index (κ2) is 8.17. The largest absolute Gasteiger partial charge is 0.357 e. The normalized spacial score (nSPS) is 11.3. The molecule has 0 aliphatic heterocycles. The molecule has 1 aromatic heterocycles. The molecular formula is C18H24N4. The van der Waals surface area contributed by atoms with E-state index in [1.54, 1.807) is 6.20 Å². The first-order chi connectivity index (χ1) is 10.7. The second-order valence-corrected chi connectivity index (χ2v) is 5.30. The number of aliphatic imine (C=N–C) groups is 1. The quantitative estimate of drug-likeness (QED) is 0.659. The molecule has 0 atom stereocenters. The van der Waals surface area contributed by atoms with Gasteiger partial charge in [0.05, 0.1) is 18.8 Å².